The zero-order valence-corrected chi connectivity index (χ0v) is 23.4. The van der Waals surface area contributed by atoms with Crippen molar-refractivity contribution in [3.63, 3.8) is 0 Å². The highest BCUT2D eigenvalue weighted by atomic mass is 35.7. The van der Waals surface area contributed by atoms with Gasteiger partial charge in [0, 0.05) is 37.0 Å². The van der Waals surface area contributed by atoms with Gasteiger partial charge in [0.1, 0.15) is 23.4 Å². The first-order chi connectivity index (χ1) is 17.9. The fraction of sp³-hybridized carbons (Fsp3) is 0.375. The minimum Gasteiger partial charge on any atom is -0.480 e. The molecular formula is C24H28ClF2N2O8S2+. The van der Waals surface area contributed by atoms with Crippen molar-refractivity contribution in [2.75, 3.05) is 6.54 Å². The lowest BCUT2D eigenvalue weighted by Crippen LogP contribution is -2.83. The molecule has 3 N–H and O–H groups in total. The maximum atomic E-state index is 12.8. The number of carbonyl (C=O) groups is 2. The molecule has 2 atom stereocenters. The van der Waals surface area contributed by atoms with Crippen LogP contribution in [0, 0.1) is 11.6 Å². The van der Waals surface area contributed by atoms with E-state index >= 15 is 0 Å². The lowest BCUT2D eigenvalue weighted by atomic mass is 10.0. The summed E-state index contributed by atoms with van der Waals surface area (Å²) in [6.45, 7) is 3.24. The van der Waals surface area contributed by atoms with Gasteiger partial charge in [-0.3, -0.25) is 4.79 Å². The number of carboxylic acid groups (broad SMARTS) is 2. The molecule has 15 heteroatoms. The van der Waals surface area contributed by atoms with Gasteiger partial charge >= 0.3 is 11.9 Å². The van der Waals surface area contributed by atoms with Crippen LogP contribution >= 0.6 is 10.7 Å². The summed E-state index contributed by atoms with van der Waals surface area (Å²) in [6, 6.07) is 8.67. The van der Waals surface area contributed by atoms with E-state index in [-0.39, 0.29) is 22.8 Å². The van der Waals surface area contributed by atoms with Crippen LogP contribution in [0.25, 0.3) is 0 Å². The van der Waals surface area contributed by atoms with Crippen molar-refractivity contribution in [3.05, 3.63) is 60.2 Å². The second-order valence-electron chi connectivity index (χ2n) is 9.13. The quantitative estimate of drug-likeness (QED) is 0.434. The first-order valence-electron chi connectivity index (χ1n) is 11.5. The maximum absolute atomic E-state index is 12.8. The Morgan fingerprint density at radius 3 is 1.72 bits per heavy atom. The molecule has 39 heavy (non-hydrogen) atoms. The lowest BCUT2D eigenvalue weighted by molar-refractivity contribution is -0.520. The zero-order chi connectivity index (χ0) is 29.6. The number of nitrogens with zero attached hydrogens (tertiary/aromatic N) is 1. The largest absolute Gasteiger partial charge is 0.480 e. The van der Waals surface area contributed by atoms with Crippen molar-refractivity contribution in [1.82, 2.24) is 4.31 Å². The second-order valence-corrected chi connectivity index (χ2v) is 13.6. The Hall–Kier alpha value is -2.94. The van der Waals surface area contributed by atoms with E-state index in [1.807, 2.05) is 0 Å². The second kappa shape index (κ2) is 12.5. The van der Waals surface area contributed by atoms with Gasteiger partial charge in [0.15, 0.2) is 0 Å². The van der Waals surface area contributed by atoms with Crippen LogP contribution in [0.2, 0.25) is 0 Å². The number of aliphatic carboxylic acids is 2. The predicted octanol–water partition coefficient (Wildman–Crippen LogP) is 1.98. The zero-order valence-electron chi connectivity index (χ0n) is 21.0. The summed E-state index contributed by atoms with van der Waals surface area (Å²) < 4.78 is 72.0. The summed E-state index contributed by atoms with van der Waals surface area (Å²) in [5, 5.41) is 17.8. The molecule has 0 amide bonds. The third kappa shape index (κ3) is 8.03. The molecular weight excluding hydrogens is 582 g/mol. The molecule has 214 valence electrons. The van der Waals surface area contributed by atoms with Crippen LogP contribution in [0.15, 0.2) is 58.3 Å². The minimum absolute atomic E-state index is 0.0942. The minimum atomic E-state index is -3.92. The van der Waals surface area contributed by atoms with E-state index in [2.05, 4.69) is 4.99 Å². The van der Waals surface area contributed by atoms with E-state index in [1.54, 1.807) is 13.1 Å². The summed E-state index contributed by atoms with van der Waals surface area (Å²) >= 11 is 0. The van der Waals surface area contributed by atoms with E-state index < -0.39 is 53.7 Å². The highest BCUT2D eigenvalue weighted by Gasteiger charge is 2.49. The average molecular weight is 610 g/mol. The number of sulfonamides is 1. The number of carboxylic acids is 2. The van der Waals surface area contributed by atoms with Gasteiger partial charge in [0.05, 0.1) is 9.79 Å². The van der Waals surface area contributed by atoms with Crippen LogP contribution in [0.1, 0.15) is 39.5 Å². The molecule has 10 nitrogen and oxygen atoms in total. The summed E-state index contributed by atoms with van der Waals surface area (Å²) in [7, 11) is -2.68. The molecule has 4 rings (SSSR count). The maximum Gasteiger partial charge on any atom is 0.375 e. The third-order valence-electron chi connectivity index (χ3n) is 6.21. The van der Waals surface area contributed by atoms with Crippen LogP contribution in [-0.2, 0) is 28.7 Å². The van der Waals surface area contributed by atoms with Crippen LogP contribution in [0.5, 0.6) is 0 Å². The Bertz CT molecular complexity index is 1440. The number of nitrogens with one attached hydrogen (secondary N) is 1. The average Bonchev–Trinajstić information content (AvgIpc) is 3.48. The summed E-state index contributed by atoms with van der Waals surface area (Å²) in [5.74, 6) is -2.97. The van der Waals surface area contributed by atoms with E-state index in [0.717, 1.165) is 59.3 Å². The van der Waals surface area contributed by atoms with Gasteiger partial charge in [-0.25, -0.2) is 35.4 Å². The number of benzene rings is 2. The third-order valence-corrected chi connectivity index (χ3v) is 9.62. The van der Waals surface area contributed by atoms with Crippen molar-refractivity contribution in [2.45, 2.75) is 60.4 Å². The first kappa shape index (κ1) is 32.3. The van der Waals surface area contributed by atoms with E-state index in [1.165, 1.54) is 6.92 Å². The highest BCUT2D eigenvalue weighted by molar-refractivity contribution is 8.13. The smallest absolute Gasteiger partial charge is 0.375 e. The van der Waals surface area contributed by atoms with E-state index in [9.17, 15) is 40.3 Å². The van der Waals surface area contributed by atoms with Crippen molar-refractivity contribution in [1.29, 1.82) is 0 Å². The van der Waals surface area contributed by atoms with Crippen molar-refractivity contribution < 1.29 is 50.4 Å². The van der Waals surface area contributed by atoms with Crippen LogP contribution < -0.4 is 4.99 Å². The van der Waals surface area contributed by atoms with Gasteiger partial charge < -0.3 is 10.2 Å². The molecule has 2 aliphatic heterocycles. The Morgan fingerprint density at radius 1 is 0.872 bits per heavy atom. The van der Waals surface area contributed by atoms with Crippen LogP contribution in [0.4, 0.5) is 8.78 Å². The lowest BCUT2D eigenvalue weighted by Gasteiger charge is -2.30. The Labute approximate surface area is 229 Å². The summed E-state index contributed by atoms with van der Waals surface area (Å²) in [5.41, 5.74) is -2.13. The predicted molar refractivity (Wildman–Crippen MR) is 137 cm³/mol. The normalized spacial score (nSPS) is 22.8. The molecule has 2 aromatic rings. The standard InChI is InChI=1S/C12H14FNO4S.C6H4ClFO2S.C6H9NO2/c1-12(11(15)16)7-2-8-14(12)19(17,18)10-5-3-9(13)4-6-10;7-11(9,10)6-3-1-5(8)2-4-6;1-6(5(8)9)3-2-4-7-6/h3-6H,2,7-8H2,1H3,(H,15,16);1-4H;4H,2-3H2,1H3,(H,8,9)/p+1/t12-;;6-/m0.0/s1. The van der Waals surface area contributed by atoms with Gasteiger partial charge in [0.2, 0.25) is 10.0 Å². The van der Waals surface area contributed by atoms with Crippen LogP contribution in [0.3, 0.4) is 0 Å². The molecule has 0 spiro atoms. The Balaban J connectivity index is 0.000000226. The molecule has 0 bridgehead atoms. The first-order valence-corrected chi connectivity index (χ1v) is 15.2. The Kier molecular flexibility index (Phi) is 10.3. The molecule has 0 unspecified atom stereocenters. The monoisotopic (exact) mass is 609 g/mol. The molecule has 2 aliphatic rings. The molecule has 0 saturated carbocycles. The molecule has 2 aromatic carbocycles. The number of rotatable bonds is 5. The topological polar surface area (TPSA) is 160 Å². The Morgan fingerprint density at radius 2 is 1.36 bits per heavy atom. The molecule has 1 fully saturated rings. The number of hydrogen-bond acceptors (Lipinski definition) is 6. The molecule has 0 aromatic heterocycles. The van der Waals surface area contributed by atoms with Crippen molar-refractivity contribution in [3.8, 4) is 0 Å². The molecule has 1 saturated heterocycles. The van der Waals surface area contributed by atoms with Crippen molar-refractivity contribution >= 4 is 47.9 Å². The highest BCUT2D eigenvalue weighted by Crippen LogP contribution is 2.34. The molecule has 2 heterocycles. The SMILES string of the molecule is C[C@@]1(C(=O)O)CCC=[NH+]1.C[C@@]1(C(=O)O)CCCN1S(=O)(=O)c1ccc(F)cc1.O=S(=O)(Cl)c1ccc(F)cc1. The summed E-state index contributed by atoms with van der Waals surface area (Å²) in [4.78, 5) is 24.4. The fourth-order valence-electron chi connectivity index (χ4n) is 3.77. The van der Waals surface area contributed by atoms with E-state index in [0.29, 0.717) is 12.8 Å². The number of halogens is 3. The van der Waals surface area contributed by atoms with E-state index in [4.69, 9.17) is 15.8 Å². The van der Waals surface area contributed by atoms with Gasteiger partial charge in [-0.15, -0.1) is 0 Å². The number of hydrogen-bond donors (Lipinski definition) is 3. The van der Waals surface area contributed by atoms with Gasteiger partial charge in [-0.05, 0) is 68.3 Å². The van der Waals surface area contributed by atoms with Crippen molar-refractivity contribution in [2.24, 2.45) is 0 Å². The van der Waals surface area contributed by atoms with Gasteiger partial charge in [-0.2, -0.15) is 4.31 Å². The van der Waals surface area contributed by atoms with Crippen LogP contribution in [-0.4, -0.2) is 67.1 Å². The fourth-order valence-corrected chi connectivity index (χ4v) is 6.34. The molecule has 0 radical (unpaired) electrons. The molecule has 0 aliphatic carbocycles. The van der Waals surface area contributed by atoms with Gasteiger partial charge in [0.25, 0.3) is 14.6 Å². The summed E-state index contributed by atoms with van der Waals surface area (Å²) in [6.07, 6.45) is 4.10. The van der Waals surface area contributed by atoms with Gasteiger partial charge in [-0.1, -0.05) is 0 Å².